The molecule has 0 radical (unpaired) electrons. The van der Waals surface area contributed by atoms with Crippen molar-refractivity contribution in [3.63, 3.8) is 0 Å². The number of hydrogen-bond donors (Lipinski definition) is 2. The Morgan fingerprint density at radius 2 is 2.21 bits per heavy atom. The van der Waals surface area contributed by atoms with Crippen molar-refractivity contribution >= 4 is 11.8 Å². The molecule has 1 heterocycles. The summed E-state index contributed by atoms with van der Waals surface area (Å²) in [5.74, 6) is 0. The Morgan fingerprint density at radius 1 is 1.37 bits per heavy atom. The summed E-state index contributed by atoms with van der Waals surface area (Å²) in [6.45, 7) is 0.947. The molecule has 1 aromatic heterocycles. The summed E-state index contributed by atoms with van der Waals surface area (Å²) in [5.41, 5.74) is 4.05. The van der Waals surface area contributed by atoms with Gasteiger partial charge in [0, 0.05) is 29.6 Å². The second-order valence-corrected chi connectivity index (χ2v) is 5.92. The minimum absolute atomic E-state index is 0.563. The maximum absolute atomic E-state index is 4.12. The number of benzene rings is 1. The monoisotopic (exact) mass is 273 g/mol. The van der Waals surface area contributed by atoms with E-state index in [4.69, 9.17) is 0 Å². The van der Waals surface area contributed by atoms with Gasteiger partial charge >= 0.3 is 0 Å². The van der Waals surface area contributed by atoms with Gasteiger partial charge in [-0.25, -0.2) is 0 Å². The van der Waals surface area contributed by atoms with Gasteiger partial charge in [-0.05, 0) is 42.4 Å². The Bertz CT molecular complexity index is 533. The van der Waals surface area contributed by atoms with Crippen LogP contribution in [0.1, 0.15) is 23.2 Å². The van der Waals surface area contributed by atoms with Gasteiger partial charge in [-0.2, -0.15) is 5.10 Å². The number of fused-ring (bicyclic) bond motifs is 1. The standard InChI is InChI=1S/C15H19N3S/c1-19-14-6-2-11(3-7-14)9-16-13-5-4-12-10-17-18-15(12)8-13/h2-3,6-7,10,13,16H,4-5,8-9H2,1H3,(H,17,18). The van der Waals surface area contributed by atoms with Gasteiger partial charge in [-0.1, -0.05) is 12.1 Å². The molecule has 0 saturated carbocycles. The molecule has 3 nitrogen and oxygen atoms in total. The van der Waals surface area contributed by atoms with Gasteiger partial charge in [-0.3, -0.25) is 5.10 Å². The molecule has 19 heavy (non-hydrogen) atoms. The van der Waals surface area contributed by atoms with Crippen molar-refractivity contribution in [1.29, 1.82) is 0 Å². The molecule has 0 amide bonds. The van der Waals surface area contributed by atoms with Crippen LogP contribution >= 0.6 is 11.8 Å². The molecule has 0 bridgehead atoms. The van der Waals surface area contributed by atoms with E-state index in [0.29, 0.717) is 6.04 Å². The van der Waals surface area contributed by atoms with Crippen molar-refractivity contribution in [3.8, 4) is 0 Å². The first-order valence-electron chi connectivity index (χ1n) is 6.72. The van der Waals surface area contributed by atoms with Crippen molar-refractivity contribution in [1.82, 2.24) is 15.5 Å². The molecule has 1 aromatic carbocycles. The zero-order chi connectivity index (χ0) is 13.1. The average Bonchev–Trinajstić information content (AvgIpc) is 2.93. The van der Waals surface area contributed by atoms with E-state index in [9.17, 15) is 0 Å². The van der Waals surface area contributed by atoms with E-state index in [1.54, 1.807) is 11.8 Å². The number of hydrogen-bond acceptors (Lipinski definition) is 3. The lowest BCUT2D eigenvalue weighted by molar-refractivity contribution is 0.454. The van der Waals surface area contributed by atoms with Gasteiger partial charge in [0.25, 0.3) is 0 Å². The van der Waals surface area contributed by atoms with E-state index in [0.717, 1.165) is 19.4 Å². The van der Waals surface area contributed by atoms with Gasteiger partial charge < -0.3 is 5.32 Å². The Morgan fingerprint density at radius 3 is 3.00 bits per heavy atom. The van der Waals surface area contributed by atoms with Crippen LogP contribution in [0.25, 0.3) is 0 Å². The van der Waals surface area contributed by atoms with Crippen LogP contribution in [-0.4, -0.2) is 22.5 Å². The number of aromatic nitrogens is 2. The summed E-state index contributed by atoms with van der Waals surface area (Å²) in [6, 6.07) is 9.37. The Hall–Kier alpha value is -1.26. The quantitative estimate of drug-likeness (QED) is 0.842. The fraction of sp³-hybridized carbons (Fsp3) is 0.400. The third kappa shape index (κ3) is 3.01. The summed E-state index contributed by atoms with van der Waals surface area (Å²) in [6.07, 6.45) is 7.48. The minimum atomic E-state index is 0.563. The molecule has 2 N–H and O–H groups in total. The molecular weight excluding hydrogens is 254 g/mol. The molecule has 1 aliphatic rings. The van der Waals surface area contributed by atoms with E-state index in [1.165, 1.54) is 28.1 Å². The van der Waals surface area contributed by atoms with E-state index in [1.807, 2.05) is 6.20 Å². The first kappa shape index (κ1) is 12.8. The zero-order valence-electron chi connectivity index (χ0n) is 11.1. The van der Waals surface area contributed by atoms with Gasteiger partial charge in [-0.15, -0.1) is 11.8 Å². The van der Waals surface area contributed by atoms with Gasteiger partial charge in [0.1, 0.15) is 0 Å². The second kappa shape index (κ2) is 5.80. The fourth-order valence-corrected chi connectivity index (χ4v) is 3.00. The first-order valence-corrected chi connectivity index (χ1v) is 7.95. The first-order chi connectivity index (χ1) is 9.35. The lowest BCUT2D eigenvalue weighted by Gasteiger charge is -2.23. The average molecular weight is 273 g/mol. The predicted octanol–water partition coefficient (Wildman–Crippen LogP) is 2.78. The van der Waals surface area contributed by atoms with Crippen LogP contribution in [0.4, 0.5) is 0 Å². The molecule has 1 unspecified atom stereocenters. The van der Waals surface area contributed by atoms with Crippen LogP contribution in [-0.2, 0) is 19.4 Å². The van der Waals surface area contributed by atoms with Gasteiger partial charge in [0.2, 0.25) is 0 Å². The van der Waals surface area contributed by atoms with Crippen LogP contribution in [0.15, 0.2) is 35.4 Å². The summed E-state index contributed by atoms with van der Waals surface area (Å²) in [5, 5.41) is 10.9. The summed E-state index contributed by atoms with van der Waals surface area (Å²) in [7, 11) is 0. The van der Waals surface area contributed by atoms with Crippen LogP contribution in [0.5, 0.6) is 0 Å². The largest absolute Gasteiger partial charge is 0.310 e. The number of nitrogens with one attached hydrogen (secondary N) is 2. The van der Waals surface area contributed by atoms with Gasteiger partial charge in [0.15, 0.2) is 0 Å². The van der Waals surface area contributed by atoms with Crippen molar-refractivity contribution < 1.29 is 0 Å². The highest BCUT2D eigenvalue weighted by atomic mass is 32.2. The highest BCUT2D eigenvalue weighted by molar-refractivity contribution is 7.98. The van der Waals surface area contributed by atoms with E-state index in [2.05, 4.69) is 46.0 Å². The lowest BCUT2D eigenvalue weighted by Crippen LogP contribution is -2.34. The van der Waals surface area contributed by atoms with Crippen LogP contribution in [0.3, 0.4) is 0 Å². The highest BCUT2D eigenvalue weighted by Crippen LogP contribution is 2.19. The maximum atomic E-state index is 4.12. The van der Waals surface area contributed by atoms with Crippen LogP contribution < -0.4 is 5.32 Å². The van der Waals surface area contributed by atoms with Crippen molar-refractivity contribution in [2.24, 2.45) is 0 Å². The van der Waals surface area contributed by atoms with E-state index in [-0.39, 0.29) is 0 Å². The summed E-state index contributed by atoms with van der Waals surface area (Å²) in [4.78, 5) is 1.32. The molecule has 0 saturated heterocycles. The molecule has 1 aliphatic carbocycles. The zero-order valence-corrected chi connectivity index (χ0v) is 12.0. The topological polar surface area (TPSA) is 40.7 Å². The third-order valence-corrected chi connectivity index (χ3v) is 4.52. The summed E-state index contributed by atoms with van der Waals surface area (Å²) >= 11 is 1.79. The Labute approximate surface area is 118 Å². The number of thioether (sulfide) groups is 1. The number of nitrogens with zero attached hydrogens (tertiary/aromatic N) is 1. The van der Waals surface area contributed by atoms with Crippen molar-refractivity contribution in [3.05, 3.63) is 47.3 Å². The minimum Gasteiger partial charge on any atom is -0.310 e. The highest BCUT2D eigenvalue weighted by Gasteiger charge is 2.19. The predicted molar refractivity (Wildman–Crippen MR) is 79.5 cm³/mol. The number of aryl methyl sites for hydroxylation is 1. The second-order valence-electron chi connectivity index (χ2n) is 5.04. The van der Waals surface area contributed by atoms with Crippen LogP contribution in [0, 0.1) is 0 Å². The molecule has 0 fully saturated rings. The third-order valence-electron chi connectivity index (χ3n) is 3.77. The number of rotatable bonds is 4. The Balaban J connectivity index is 1.55. The number of H-pyrrole nitrogens is 1. The maximum Gasteiger partial charge on any atom is 0.0522 e. The normalized spacial score (nSPS) is 18.3. The SMILES string of the molecule is CSc1ccc(CNC2CCc3cn[nH]c3C2)cc1. The van der Waals surface area contributed by atoms with Crippen LogP contribution in [0.2, 0.25) is 0 Å². The van der Waals surface area contributed by atoms with E-state index >= 15 is 0 Å². The van der Waals surface area contributed by atoms with Crippen molar-refractivity contribution in [2.45, 2.75) is 36.7 Å². The molecule has 100 valence electrons. The smallest absolute Gasteiger partial charge is 0.0522 e. The fourth-order valence-electron chi connectivity index (χ4n) is 2.59. The number of aromatic amines is 1. The molecular formula is C15H19N3S. The van der Waals surface area contributed by atoms with Crippen molar-refractivity contribution in [2.75, 3.05) is 6.26 Å². The molecule has 0 spiro atoms. The molecule has 2 aromatic rings. The molecule has 4 heteroatoms. The molecule has 3 rings (SSSR count). The van der Waals surface area contributed by atoms with E-state index < -0.39 is 0 Å². The van der Waals surface area contributed by atoms with Gasteiger partial charge in [0.05, 0.1) is 6.20 Å². The molecule has 1 atom stereocenters. The Kier molecular flexibility index (Phi) is 3.89. The summed E-state index contributed by atoms with van der Waals surface area (Å²) < 4.78 is 0. The molecule has 0 aliphatic heterocycles. The lowest BCUT2D eigenvalue weighted by atomic mass is 9.93.